The number of aryl methyl sites for hydroxylation is 2. The van der Waals surface area contributed by atoms with Gasteiger partial charge in [0.15, 0.2) is 0 Å². The Hall–Kier alpha value is -2.74. The van der Waals surface area contributed by atoms with Crippen molar-refractivity contribution in [3.05, 3.63) is 57.5 Å². The summed E-state index contributed by atoms with van der Waals surface area (Å²) in [6, 6.07) is 7.22. The van der Waals surface area contributed by atoms with Crippen molar-refractivity contribution in [1.82, 2.24) is 14.9 Å². The van der Waals surface area contributed by atoms with Gasteiger partial charge in [-0.1, -0.05) is 24.3 Å². The average Bonchev–Trinajstić information content (AvgIpc) is 3.06. The number of hydrogen-bond donors (Lipinski definition) is 2. The zero-order chi connectivity index (χ0) is 17.3. The standard InChI is InChI=1S/C16H18N4O4/c1-10-17-14(20(23)24)9-19(10)7-6-15(22)18-16-12-5-3-2-4-11(12)8-13(16)21/h2-5,9,13,16,21H,6-8H2,1H3,(H,18,22)/t13-,16+/m1/s1. The molecule has 0 radical (unpaired) electrons. The molecule has 0 fully saturated rings. The lowest BCUT2D eigenvalue weighted by molar-refractivity contribution is -0.389. The van der Waals surface area contributed by atoms with E-state index in [-0.39, 0.29) is 18.1 Å². The summed E-state index contributed by atoms with van der Waals surface area (Å²) >= 11 is 0. The smallest absolute Gasteiger partial charge is 0.381 e. The van der Waals surface area contributed by atoms with Crippen molar-refractivity contribution in [2.24, 2.45) is 0 Å². The summed E-state index contributed by atoms with van der Waals surface area (Å²) in [6.45, 7) is 1.95. The molecular weight excluding hydrogens is 312 g/mol. The van der Waals surface area contributed by atoms with Crippen LogP contribution in [-0.2, 0) is 17.8 Å². The van der Waals surface area contributed by atoms with Crippen molar-refractivity contribution in [3.8, 4) is 0 Å². The number of aliphatic hydroxyl groups excluding tert-OH is 1. The molecule has 0 bridgehead atoms. The van der Waals surface area contributed by atoms with Crippen molar-refractivity contribution < 1.29 is 14.8 Å². The van der Waals surface area contributed by atoms with Gasteiger partial charge in [-0.05, 0) is 21.0 Å². The Morgan fingerprint density at radius 2 is 2.25 bits per heavy atom. The van der Waals surface area contributed by atoms with Crippen LogP contribution in [0.3, 0.4) is 0 Å². The normalized spacial score (nSPS) is 19.1. The number of imidazole rings is 1. The lowest BCUT2D eigenvalue weighted by Gasteiger charge is -2.18. The van der Waals surface area contributed by atoms with Gasteiger partial charge in [-0.25, -0.2) is 0 Å². The summed E-state index contributed by atoms with van der Waals surface area (Å²) in [5, 5.41) is 23.7. The second-order valence-electron chi connectivity index (χ2n) is 5.86. The van der Waals surface area contributed by atoms with Gasteiger partial charge in [-0.2, -0.15) is 0 Å². The monoisotopic (exact) mass is 330 g/mol. The lowest BCUT2D eigenvalue weighted by Crippen LogP contribution is -2.34. The maximum atomic E-state index is 12.2. The largest absolute Gasteiger partial charge is 0.390 e. The molecule has 8 heteroatoms. The number of nitro groups is 1. The van der Waals surface area contributed by atoms with Crippen molar-refractivity contribution in [2.45, 2.75) is 38.5 Å². The summed E-state index contributed by atoms with van der Waals surface area (Å²) in [6.07, 6.45) is 1.36. The average molecular weight is 330 g/mol. The molecule has 24 heavy (non-hydrogen) atoms. The van der Waals surface area contributed by atoms with Crippen LogP contribution in [0, 0.1) is 17.0 Å². The summed E-state index contributed by atoms with van der Waals surface area (Å²) in [4.78, 5) is 26.2. The van der Waals surface area contributed by atoms with Gasteiger partial charge in [0, 0.05) is 26.3 Å². The van der Waals surface area contributed by atoms with Gasteiger partial charge in [-0.15, -0.1) is 0 Å². The fourth-order valence-corrected chi connectivity index (χ4v) is 3.02. The number of hydrogen-bond acceptors (Lipinski definition) is 5. The molecular formula is C16H18N4O4. The van der Waals surface area contributed by atoms with E-state index < -0.39 is 17.1 Å². The Morgan fingerprint density at radius 3 is 2.96 bits per heavy atom. The van der Waals surface area contributed by atoms with E-state index in [9.17, 15) is 20.0 Å². The number of nitrogens with one attached hydrogen (secondary N) is 1. The number of nitrogens with zero attached hydrogens (tertiary/aromatic N) is 3. The SMILES string of the molecule is Cc1nc([N+](=O)[O-])cn1CCC(=O)N[C@H]1c2ccccc2C[C@H]1O. The first-order chi connectivity index (χ1) is 11.5. The van der Waals surface area contributed by atoms with Crippen molar-refractivity contribution in [3.63, 3.8) is 0 Å². The first-order valence-electron chi connectivity index (χ1n) is 7.69. The molecule has 1 aromatic heterocycles. The van der Waals surface area contributed by atoms with Crippen molar-refractivity contribution in [1.29, 1.82) is 0 Å². The summed E-state index contributed by atoms with van der Waals surface area (Å²) in [5.41, 5.74) is 1.98. The second-order valence-corrected chi connectivity index (χ2v) is 5.86. The van der Waals surface area contributed by atoms with Crippen molar-refractivity contribution >= 4 is 11.7 Å². The molecule has 8 nitrogen and oxygen atoms in total. The van der Waals surface area contributed by atoms with Crippen molar-refractivity contribution in [2.75, 3.05) is 0 Å². The first kappa shape index (κ1) is 16.1. The number of fused-ring (bicyclic) bond motifs is 1. The minimum Gasteiger partial charge on any atom is -0.390 e. The molecule has 0 spiro atoms. The molecule has 2 atom stereocenters. The third kappa shape index (κ3) is 3.13. The van der Waals surface area contributed by atoms with Crippen LogP contribution in [0.1, 0.15) is 29.4 Å². The molecule has 1 heterocycles. The van der Waals surface area contributed by atoms with Gasteiger partial charge in [0.1, 0.15) is 6.20 Å². The Kier molecular flexibility index (Phi) is 4.30. The van der Waals surface area contributed by atoms with E-state index in [1.165, 1.54) is 6.20 Å². The molecule has 1 aromatic carbocycles. The van der Waals surface area contributed by atoms with Gasteiger partial charge in [0.25, 0.3) is 0 Å². The van der Waals surface area contributed by atoms with Gasteiger partial charge >= 0.3 is 5.82 Å². The van der Waals surface area contributed by atoms with Gasteiger partial charge < -0.3 is 25.1 Å². The van der Waals surface area contributed by atoms with Gasteiger partial charge in [0.2, 0.25) is 11.7 Å². The molecule has 1 aliphatic rings. The molecule has 0 unspecified atom stereocenters. The molecule has 0 aliphatic heterocycles. The molecule has 2 N–H and O–H groups in total. The molecule has 1 aliphatic carbocycles. The van der Waals surface area contributed by atoms with E-state index in [2.05, 4.69) is 10.3 Å². The molecule has 2 aromatic rings. The highest BCUT2D eigenvalue weighted by atomic mass is 16.6. The van der Waals surface area contributed by atoms with Crippen LogP contribution in [0.15, 0.2) is 30.5 Å². The van der Waals surface area contributed by atoms with Crippen LogP contribution in [0.4, 0.5) is 5.82 Å². The minimum atomic E-state index is -0.637. The van der Waals surface area contributed by atoms with Gasteiger partial charge in [0.05, 0.1) is 12.1 Å². The van der Waals surface area contributed by atoms with Crippen LogP contribution in [-0.4, -0.2) is 31.6 Å². The number of benzene rings is 1. The van der Waals surface area contributed by atoms with E-state index in [1.807, 2.05) is 24.3 Å². The lowest BCUT2D eigenvalue weighted by atomic mass is 10.1. The Labute approximate surface area is 138 Å². The van der Waals surface area contributed by atoms with E-state index in [4.69, 9.17) is 0 Å². The van der Waals surface area contributed by atoms with E-state index in [0.29, 0.717) is 18.8 Å². The molecule has 0 saturated carbocycles. The van der Waals surface area contributed by atoms with E-state index in [0.717, 1.165) is 11.1 Å². The number of amides is 1. The van der Waals surface area contributed by atoms with Crippen LogP contribution in [0.5, 0.6) is 0 Å². The zero-order valence-electron chi connectivity index (χ0n) is 13.2. The van der Waals surface area contributed by atoms with Crippen LogP contribution in [0.2, 0.25) is 0 Å². The third-order valence-corrected chi connectivity index (χ3v) is 4.25. The van der Waals surface area contributed by atoms with E-state index >= 15 is 0 Å². The number of aromatic nitrogens is 2. The number of aliphatic hydroxyl groups is 1. The van der Waals surface area contributed by atoms with Gasteiger partial charge in [-0.3, -0.25) is 4.79 Å². The Balaban J connectivity index is 1.61. The molecule has 0 saturated heterocycles. The number of carbonyl (C=O) groups is 1. The van der Waals surface area contributed by atoms with Crippen LogP contribution in [0.25, 0.3) is 0 Å². The predicted octanol–water partition coefficient (Wildman–Crippen LogP) is 1.26. The summed E-state index contributed by atoms with van der Waals surface area (Å²) in [7, 11) is 0. The fourth-order valence-electron chi connectivity index (χ4n) is 3.02. The maximum absolute atomic E-state index is 12.2. The summed E-state index contributed by atoms with van der Waals surface area (Å²) in [5.74, 6) is 0.0419. The second kappa shape index (κ2) is 6.40. The highest BCUT2D eigenvalue weighted by Gasteiger charge is 2.31. The predicted molar refractivity (Wildman–Crippen MR) is 85.3 cm³/mol. The highest BCUT2D eigenvalue weighted by Crippen LogP contribution is 2.31. The van der Waals surface area contributed by atoms with Crippen LogP contribution < -0.4 is 5.32 Å². The fraction of sp³-hybridized carbons (Fsp3) is 0.375. The highest BCUT2D eigenvalue weighted by molar-refractivity contribution is 5.76. The third-order valence-electron chi connectivity index (χ3n) is 4.25. The Bertz CT molecular complexity index is 786. The topological polar surface area (TPSA) is 110 Å². The molecule has 3 rings (SSSR count). The van der Waals surface area contributed by atoms with Crippen LogP contribution >= 0.6 is 0 Å². The first-order valence-corrected chi connectivity index (χ1v) is 7.69. The molecule has 1 amide bonds. The number of carbonyl (C=O) groups excluding carboxylic acids is 1. The summed E-state index contributed by atoms with van der Waals surface area (Å²) < 4.78 is 1.58. The Morgan fingerprint density at radius 1 is 1.50 bits per heavy atom. The molecule has 126 valence electrons. The number of rotatable bonds is 5. The quantitative estimate of drug-likeness (QED) is 0.633. The minimum absolute atomic E-state index is 0.153. The zero-order valence-corrected chi connectivity index (χ0v) is 13.2. The van der Waals surface area contributed by atoms with E-state index in [1.54, 1.807) is 11.5 Å². The maximum Gasteiger partial charge on any atom is 0.381 e.